The molecule has 0 bridgehead atoms. The summed E-state index contributed by atoms with van der Waals surface area (Å²) in [5.74, 6) is 0. The van der Waals surface area contributed by atoms with Crippen LogP contribution >= 0.6 is 23.2 Å². The topological polar surface area (TPSA) is 0 Å². The van der Waals surface area contributed by atoms with E-state index < -0.39 is 0 Å². The molecule has 0 aromatic carbocycles. The quantitative estimate of drug-likeness (QED) is 0.321. The molecule has 0 aliphatic rings. The molecule has 132 valence electrons. The van der Waals surface area contributed by atoms with Crippen molar-refractivity contribution in [3.05, 3.63) is 42.3 Å². The third-order valence-corrected chi connectivity index (χ3v) is 7.43. The molecule has 3 heteroatoms. The van der Waals surface area contributed by atoms with E-state index in [0.29, 0.717) is 15.2 Å². The maximum atomic E-state index is 6.23. The predicted molar refractivity (Wildman–Crippen MR) is 104 cm³/mol. The molecule has 0 saturated carbocycles. The summed E-state index contributed by atoms with van der Waals surface area (Å²) < 4.78 is 2.93. The summed E-state index contributed by atoms with van der Waals surface area (Å²) in [5, 5.41) is 0.170. The molecule has 2 unspecified atom stereocenters. The molecule has 0 aromatic heterocycles. The number of allylic oxidation sites excluding steroid dienone is 8. The minimum atomic E-state index is 0.0849. The summed E-state index contributed by atoms with van der Waals surface area (Å²) in [6.45, 7) is 21.6. The molecule has 0 rings (SSSR count). The van der Waals surface area contributed by atoms with Gasteiger partial charge in [-0.05, 0) is 0 Å². The number of rotatable bonds is 6. The van der Waals surface area contributed by atoms with E-state index in [-0.39, 0.29) is 10.8 Å². The average molecular weight is 395 g/mol. The fourth-order valence-corrected chi connectivity index (χ4v) is 4.10. The Bertz CT molecular complexity index is 508. The molecule has 0 fully saturated rings. The number of hydrogen-bond donors (Lipinski definition) is 0. The normalized spacial score (nSPS) is 19.3. The third-order valence-electron chi connectivity index (χ3n) is 4.86. The Morgan fingerprint density at radius 3 is 1.04 bits per heavy atom. The molecular formula is C20H32Cl2Cr. The van der Waals surface area contributed by atoms with Crippen LogP contribution in [0, 0.1) is 0 Å². The van der Waals surface area contributed by atoms with Crippen molar-refractivity contribution in [3.8, 4) is 0 Å². The number of halogens is 2. The van der Waals surface area contributed by atoms with Gasteiger partial charge in [0.15, 0.2) is 0 Å². The van der Waals surface area contributed by atoms with Crippen LogP contribution < -0.4 is 0 Å². The van der Waals surface area contributed by atoms with Crippen molar-refractivity contribution in [2.75, 3.05) is 0 Å². The predicted octanol–water partition coefficient (Wildman–Crippen LogP) is 7.58. The molecule has 0 spiro atoms. The van der Waals surface area contributed by atoms with Gasteiger partial charge in [0.2, 0.25) is 0 Å². The van der Waals surface area contributed by atoms with Gasteiger partial charge in [-0.2, -0.15) is 0 Å². The van der Waals surface area contributed by atoms with Crippen molar-refractivity contribution in [3.63, 3.8) is 0 Å². The van der Waals surface area contributed by atoms with Crippen LogP contribution in [-0.2, 0) is 15.2 Å². The van der Waals surface area contributed by atoms with Gasteiger partial charge in [-0.25, -0.2) is 0 Å². The Hall–Kier alpha value is 0.0725. The van der Waals surface area contributed by atoms with E-state index in [1.165, 1.54) is 42.3 Å². The van der Waals surface area contributed by atoms with Crippen LogP contribution in [0.1, 0.15) is 69.2 Å². The zero-order valence-corrected chi connectivity index (χ0v) is 19.1. The van der Waals surface area contributed by atoms with Crippen LogP contribution in [0.5, 0.6) is 0 Å². The molecular weight excluding hydrogens is 363 g/mol. The van der Waals surface area contributed by atoms with E-state index in [9.17, 15) is 0 Å². The van der Waals surface area contributed by atoms with Crippen molar-refractivity contribution in [1.82, 2.24) is 0 Å². The molecule has 0 aliphatic heterocycles. The minimum absolute atomic E-state index is 0.0849. The first-order chi connectivity index (χ1) is 10.4. The summed E-state index contributed by atoms with van der Waals surface area (Å²) >= 11 is 12.8. The SMILES string of the molecule is C[C]([Cr][C](C)=C(C)C(C)=C(C)C(C)Cl)=C(C)C(C)=C(C)C(C)Cl. The van der Waals surface area contributed by atoms with E-state index in [4.69, 9.17) is 23.2 Å². The standard InChI is InChI=1S/2C10H16Cl.Cr/c2*1-6-7(2)8(3)9(4)10(5)11;/h2*10H,1-5H3;. The Morgan fingerprint density at radius 1 is 0.565 bits per heavy atom. The van der Waals surface area contributed by atoms with Gasteiger partial charge < -0.3 is 0 Å². The van der Waals surface area contributed by atoms with Gasteiger partial charge in [-0.15, -0.1) is 0 Å². The molecule has 2 atom stereocenters. The van der Waals surface area contributed by atoms with Crippen molar-refractivity contribution in [2.24, 2.45) is 0 Å². The van der Waals surface area contributed by atoms with E-state index in [1.807, 2.05) is 13.8 Å². The Balaban J connectivity index is 5.65. The molecule has 0 radical (unpaired) electrons. The van der Waals surface area contributed by atoms with Crippen LogP contribution in [0.3, 0.4) is 0 Å². The van der Waals surface area contributed by atoms with Gasteiger partial charge in [0.05, 0.1) is 0 Å². The van der Waals surface area contributed by atoms with Crippen molar-refractivity contribution in [2.45, 2.75) is 80.0 Å². The van der Waals surface area contributed by atoms with Crippen LogP contribution in [0.25, 0.3) is 0 Å². The fourth-order valence-electron chi connectivity index (χ4n) is 2.10. The summed E-state index contributed by atoms with van der Waals surface area (Å²) in [5.41, 5.74) is 7.95. The molecule has 0 heterocycles. The summed E-state index contributed by atoms with van der Waals surface area (Å²) in [7, 11) is 0. The second kappa shape index (κ2) is 10.2. The molecule has 0 aliphatic carbocycles. The first-order valence-corrected chi connectivity index (χ1v) is 10.2. The average Bonchev–Trinajstić information content (AvgIpc) is 2.49. The van der Waals surface area contributed by atoms with Gasteiger partial charge in [-0.3, -0.25) is 0 Å². The summed E-state index contributed by atoms with van der Waals surface area (Å²) in [4.78, 5) is 0. The third kappa shape index (κ3) is 6.83. The van der Waals surface area contributed by atoms with Crippen molar-refractivity contribution >= 4 is 23.2 Å². The fraction of sp³-hybridized carbons (Fsp3) is 0.600. The summed E-state index contributed by atoms with van der Waals surface area (Å²) in [6.07, 6.45) is 0. The van der Waals surface area contributed by atoms with Gasteiger partial charge in [0.25, 0.3) is 0 Å². The zero-order chi connectivity index (χ0) is 18.5. The maximum absolute atomic E-state index is 6.23. The first-order valence-electron chi connectivity index (χ1n) is 8.08. The molecule has 0 nitrogen and oxygen atoms in total. The van der Waals surface area contributed by atoms with E-state index in [1.54, 1.807) is 0 Å². The van der Waals surface area contributed by atoms with Gasteiger partial charge >= 0.3 is 161 Å². The Morgan fingerprint density at radius 2 is 0.826 bits per heavy atom. The molecule has 0 saturated heterocycles. The van der Waals surface area contributed by atoms with E-state index in [0.717, 1.165) is 0 Å². The van der Waals surface area contributed by atoms with Crippen LogP contribution in [0.15, 0.2) is 42.3 Å². The van der Waals surface area contributed by atoms with Gasteiger partial charge in [0, 0.05) is 0 Å². The Labute approximate surface area is 160 Å². The van der Waals surface area contributed by atoms with Crippen molar-refractivity contribution in [1.29, 1.82) is 0 Å². The number of alkyl halides is 2. The van der Waals surface area contributed by atoms with Gasteiger partial charge in [-0.1, -0.05) is 0 Å². The summed E-state index contributed by atoms with van der Waals surface area (Å²) in [6, 6.07) is 0. The zero-order valence-electron chi connectivity index (χ0n) is 16.3. The van der Waals surface area contributed by atoms with Crippen LogP contribution in [0.2, 0.25) is 0 Å². The molecule has 23 heavy (non-hydrogen) atoms. The van der Waals surface area contributed by atoms with Crippen LogP contribution in [-0.4, -0.2) is 10.8 Å². The Kier molecular flexibility index (Phi) is 10.2. The van der Waals surface area contributed by atoms with E-state index >= 15 is 0 Å². The number of hydrogen-bond acceptors (Lipinski definition) is 0. The molecule has 0 N–H and O–H groups in total. The second-order valence-corrected chi connectivity index (χ2v) is 9.85. The first kappa shape index (κ1) is 23.1. The monoisotopic (exact) mass is 394 g/mol. The van der Waals surface area contributed by atoms with Gasteiger partial charge in [0.1, 0.15) is 0 Å². The van der Waals surface area contributed by atoms with Crippen molar-refractivity contribution < 1.29 is 15.2 Å². The second-order valence-electron chi connectivity index (χ2n) is 6.31. The molecule has 0 aromatic rings. The van der Waals surface area contributed by atoms with Crippen LogP contribution in [0.4, 0.5) is 0 Å². The van der Waals surface area contributed by atoms with E-state index in [2.05, 4.69) is 55.4 Å². The molecule has 0 amide bonds.